The Morgan fingerprint density at radius 3 is 3.05 bits per heavy atom. The molecule has 0 radical (unpaired) electrons. The van der Waals surface area contributed by atoms with E-state index in [2.05, 4.69) is 16.2 Å². The van der Waals surface area contributed by atoms with Crippen LogP contribution in [0.5, 0.6) is 5.75 Å². The summed E-state index contributed by atoms with van der Waals surface area (Å²) in [5, 5.41) is 13.6. The highest BCUT2D eigenvalue weighted by molar-refractivity contribution is 5.72. The lowest BCUT2D eigenvalue weighted by atomic mass is 10.1. The van der Waals surface area contributed by atoms with Crippen LogP contribution >= 0.6 is 0 Å². The quantitative estimate of drug-likeness (QED) is 0.736. The summed E-state index contributed by atoms with van der Waals surface area (Å²) in [4.78, 5) is 4.32. The number of hydrogen-bond donors (Lipinski definition) is 0. The molecule has 0 fully saturated rings. The normalized spacial score (nSPS) is 10.5. The van der Waals surface area contributed by atoms with E-state index < -0.39 is 0 Å². The van der Waals surface area contributed by atoms with Crippen molar-refractivity contribution in [2.75, 3.05) is 6.61 Å². The van der Waals surface area contributed by atoms with Gasteiger partial charge in [0.2, 0.25) is 0 Å². The molecular formula is C16H14N4O. The molecule has 0 aliphatic carbocycles. The number of ether oxygens (including phenoxy) is 1. The van der Waals surface area contributed by atoms with Crippen LogP contribution in [0.2, 0.25) is 0 Å². The van der Waals surface area contributed by atoms with Crippen molar-refractivity contribution < 1.29 is 4.74 Å². The second-order valence-corrected chi connectivity index (χ2v) is 4.51. The minimum atomic E-state index is 0.273. The van der Waals surface area contributed by atoms with Crippen LogP contribution in [-0.2, 0) is 6.42 Å². The first-order chi connectivity index (χ1) is 10.3. The Kier molecular flexibility index (Phi) is 3.52. The van der Waals surface area contributed by atoms with Gasteiger partial charge in [0.25, 0.3) is 0 Å². The molecule has 3 aromatic rings. The van der Waals surface area contributed by atoms with Gasteiger partial charge < -0.3 is 4.74 Å². The summed E-state index contributed by atoms with van der Waals surface area (Å²) >= 11 is 0. The van der Waals surface area contributed by atoms with Crippen LogP contribution in [-0.4, -0.2) is 21.2 Å². The van der Waals surface area contributed by atoms with Crippen LogP contribution in [0.25, 0.3) is 16.9 Å². The van der Waals surface area contributed by atoms with Gasteiger partial charge in [0, 0.05) is 23.5 Å². The Bertz CT molecular complexity index is 817. The molecule has 2 aromatic heterocycles. The molecule has 0 unspecified atom stereocenters. The summed E-state index contributed by atoms with van der Waals surface area (Å²) in [6.07, 6.45) is 3.81. The largest absolute Gasteiger partial charge is 0.494 e. The first kappa shape index (κ1) is 13.1. The predicted octanol–water partition coefficient (Wildman–Crippen LogP) is 2.86. The third-order valence-electron chi connectivity index (χ3n) is 3.16. The molecule has 0 bridgehead atoms. The molecule has 21 heavy (non-hydrogen) atoms. The molecule has 0 spiro atoms. The molecule has 5 heteroatoms. The highest BCUT2D eigenvalue weighted by Crippen LogP contribution is 2.28. The van der Waals surface area contributed by atoms with Crippen molar-refractivity contribution >= 4 is 5.65 Å². The standard InChI is InChI=1S/C16H14N4O/c1-2-21-13-6-3-5-12(11-13)15-14(7-8-17)16-18-9-4-10-20(16)19-15/h3-6,9-11H,2,7H2,1H3. The summed E-state index contributed by atoms with van der Waals surface area (Å²) in [6.45, 7) is 2.56. The van der Waals surface area contributed by atoms with Crippen molar-refractivity contribution in [3.8, 4) is 23.1 Å². The number of aromatic nitrogens is 3. The lowest BCUT2D eigenvalue weighted by molar-refractivity contribution is 0.340. The van der Waals surface area contributed by atoms with Crippen molar-refractivity contribution in [3.63, 3.8) is 0 Å². The molecule has 0 amide bonds. The molecular weight excluding hydrogens is 264 g/mol. The Morgan fingerprint density at radius 2 is 2.24 bits per heavy atom. The second kappa shape index (κ2) is 5.63. The van der Waals surface area contributed by atoms with Gasteiger partial charge in [-0.25, -0.2) is 9.50 Å². The molecule has 0 aliphatic heterocycles. The highest BCUT2D eigenvalue weighted by atomic mass is 16.5. The Hall–Kier alpha value is -2.87. The first-order valence-electron chi connectivity index (χ1n) is 6.76. The van der Waals surface area contributed by atoms with Crippen molar-refractivity contribution in [1.82, 2.24) is 14.6 Å². The monoisotopic (exact) mass is 278 g/mol. The molecule has 0 N–H and O–H groups in total. The third-order valence-corrected chi connectivity index (χ3v) is 3.16. The Balaban J connectivity index is 2.17. The summed E-state index contributed by atoms with van der Waals surface area (Å²) in [7, 11) is 0. The first-order valence-corrected chi connectivity index (χ1v) is 6.76. The summed E-state index contributed by atoms with van der Waals surface area (Å²) < 4.78 is 7.23. The highest BCUT2D eigenvalue weighted by Gasteiger charge is 2.15. The van der Waals surface area contributed by atoms with Crippen molar-refractivity contribution in [2.24, 2.45) is 0 Å². The van der Waals surface area contributed by atoms with Gasteiger partial charge in [-0.2, -0.15) is 10.4 Å². The fraction of sp³-hybridized carbons (Fsp3) is 0.188. The fourth-order valence-electron chi connectivity index (χ4n) is 2.31. The molecule has 2 heterocycles. The third kappa shape index (κ3) is 2.43. The van der Waals surface area contributed by atoms with Gasteiger partial charge in [-0.15, -0.1) is 0 Å². The average molecular weight is 278 g/mol. The molecule has 5 nitrogen and oxygen atoms in total. The van der Waals surface area contributed by atoms with Crippen LogP contribution in [0.1, 0.15) is 12.5 Å². The molecule has 0 aliphatic rings. The SMILES string of the molecule is CCOc1cccc(-c2nn3cccnc3c2CC#N)c1. The Labute approximate surface area is 122 Å². The van der Waals surface area contributed by atoms with E-state index in [1.54, 1.807) is 10.7 Å². The van der Waals surface area contributed by atoms with Crippen molar-refractivity contribution in [2.45, 2.75) is 13.3 Å². The van der Waals surface area contributed by atoms with Gasteiger partial charge in [0.05, 0.1) is 24.8 Å². The Morgan fingerprint density at radius 1 is 1.33 bits per heavy atom. The molecule has 0 saturated carbocycles. The number of fused-ring (bicyclic) bond motifs is 1. The van der Waals surface area contributed by atoms with Gasteiger partial charge in [-0.3, -0.25) is 0 Å². The molecule has 1 aromatic carbocycles. The van der Waals surface area contributed by atoms with E-state index in [4.69, 9.17) is 10.00 Å². The minimum absolute atomic E-state index is 0.273. The number of nitriles is 1. The maximum absolute atomic E-state index is 9.07. The second-order valence-electron chi connectivity index (χ2n) is 4.51. The van der Waals surface area contributed by atoms with E-state index in [-0.39, 0.29) is 6.42 Å². The average Bonchev–Trinajstić information content (AvgIpc) is 2.88. The maximum Gasteiger partial charge on any atom is 0.159 e. The van der Waals surface area contributed by atoms with Gasteiger partial charge in [0.15, 0.2) is 5.65 Å². The molecule has 3 rings (SSSR count). The van der Waals surface area contributed by atoms with E-state index in [0.29, 0.717) is 6.61 Å². The van der Waals surface area contributed by atoms with Gasteiger partial charge in [-0.05, 0) is 25.1 Å². The van der Waals surface area contributed by atoms with Crippen LogP contribution < -0.4 is 4.74 Å². The van der Waals surface area contributed by atoms with Crippen molar-refractivity contribution in [3.05, 3.63) is 48.3 Å². The van der Waals surface area contributed by atoms with Gasteiger partial charge >= 0.3 is 0 Å². The molecule has 104 valence electrons. The summed E-state index contributed by atoms with van der Waals surface area (Å²) in [6, 6.07) is 11.7. The van der Waals surface area contributed by atoms with E-state index in [1.807, 2.05) is 43.5 Å². The maximum atomic E-state index is 9.07. The number of hydrogen-bond acceptors (Lipinski definition) is 4. The van der Waals surface area contributed by atoms with Crippen LogP contribution in [0.15, 0.2) is 42.7 Å². The molecule has 0 atom stereocenters. The van der Waals surface area contributed by atoms with Crippen LogP contribution in [0.3, 0.4) is 0 Å². The van der Waals surface area contributed by atoms with E-state index in [0.717, 1.165) is 28.2 Å². The number of benzene rings is 1. The van der Waals surface area contributed by atoms with Crippen LogP contribution in [0, 0.1) is 11.3 Å². The lowest BCUT2D eigenvalue weighted by Gasteiger charge is -2.05. The van der Waals surface area contributed by atoms with Crippen LogP contribution in [0.4, 0.5) is 0 Å². The van der Waals surface area contributed by atoms with E-state index >= 15 is 0 Å². The zero-order valence-electron chi connectivity index (χ0n) is 11.7. The van der Waals surface area contributed by atoms with E-state index in [1.165, 1.54) is 0 Å². The summed E-state index contributed by atoms with van der Waals surface area (Å²) in [5.41, 5.74) is 3.26. The predicted molar refractivity (Wildman–Crippen MR) is 78.9 cm³/mol. The fourth-order valence-corrected chi connectivity index (χ4v) is 2.31. The number of nitrogens with zero attached hydrogens (tertiary/aromatic N) is 4. The zero-order valence-corrected chi connectivity index (χ0v) is 11.7. The topological polar surface area (TPSA) is 63.2 Å². The van der Waals surface area contributed by atoms with Gasteiger partial charge in [-0.1, -0.05) is 12.1 Å². The number of rotatable bonds is 4. The smallest absolute Gasteiger partial charge is 0.159 e. The summed E-state index contributed by atoms with van der Waals surface area (Å²) in [5.74, 6) is 0.794. The van der Waals surface area contributed by atoms with Crippen molar-refractivity contribution in [1.29, 1.82) is 5.26 Å². The van der Waals surface area contributed by atoms with E-state index in [9.17, 15) is 0 Å². The molecule has 0 saturated heterocycles. The minimum Gasteiger partial charge on any atom is -0.494 e. The van der Waals surface area contributed by atoms with Gasteiger partial charge in [0.1, 0.15) is 5.75 Å². The zero-order chi connectivity index (χ0) is 14.7. The lowest BCUT2D eigenvalue weighted by Crippen LogP contribution is -1.92.